The first kappa shape index (κ1) is 10.7. The number of aliphatic hydroxyl groups excluding tert-OH is 1. The molecule has 1 fully saturated rings. The molecule has 3 rings (SSSR count). The minimum atomic E-state index is -0.210. The number of aryl methyl sites for hydroxylation is 1. The fraction of sp³-hybridized carbons (Fsp3) is 0.692. The highest BCUT2D eigenvalue weighted by molar-refractivity contribution is 7.99. The van der Waals surface area contributed by atoms with E-state index in [9.17, 15) is 5.11 Å². The van der Waals surface area contributed by atoms with Crippen LogP contribution in [-0.2, 0) is 6.42 Å². The van der Waals surface area contributed by atoms with Crippen molar-refractivity contribution in [2.75, 3.05) is 11.5 Å². The summed E-state index contributed by atoms with van der Waals surface area (Å²) in [5.41, 5.74) is 3.97. The molecule has 16 heavy (non-hydrogen) atoms. The fourth-order valence-electron chi connectivity index (χ4n) is 3.14. The second kappa shape index (κ2) is 4.11. The van der Waals surface area contributed by atoms with Gasteiger partial charge in [0.15, 0.2) is 0 Å². The number of aromatic nitrogens is 1. The van der Waals surface area contributed by atoms with Crippen molar-refractivity contribution in [3.8, 4) is 0 Å². The summed E-state index contributed by atoms with van der Waals surface area (Å²) in [4.78, 5) is 0. The van der Waals surface area contributed by atoms with Crippen LogP contribution in [0.1, 0.15) is 48.4 Å². The molecule has 2 unspecified atom stereocenters. The van der Waals surface area contributed by atoms with E-state index >= 15 is 0 Å². The van der Waals surface area contributed by atoms with E-state index in [2.05, 4.69) is 29.3 Å². The maximum Gasteiger partial charge on any atom is 0.0807 e. The summed E-state index contributed by atoms with van der Waals surface area (Å²) in [5, 5.41) is 10.0. The molecule has 0 spiro atoms. The second-order valence-corrected chi connectivity index (χ2v) is 6.13. The van der Waals surface area contributed by atoms with Crippen LogP contribution >= 0.6 is 11.8 Å². The van der Waals surface area contributed by atoms with Gasteiger partial charge in [0.1, 0.15) is 0 Å². The Balaban J connectivity index is 2.03. The van der Waals surface area contributed by atoms with Crippen molar-refractivity contribution in [2.45, 2.75) is 44.8 Å². The second-order valence-electron chi connectivity index (χ2n) is 4.98. The molecule has 88 valence electrons. The van der Waals surface area contributed by atoms with Gasteiger partial charge in [0.05, 0.1) is 6.10 Å². The Morgan fingerprint density at radius 3 is 3.06 bits per heavy atom. The molecule has 1 aromatic heterocycles. The summed E-state index contributed by atoms with van der Waals surface area (Å²) < 4.78 is 2.51. The van der Waals surface area contributed by atoms with Crippen molar-refractivity contribution in [2.24, 2.45) is 0 Å². The van der Waals surface area contributed by atoms with Crippen molar-refractivity contribution in [1.82, 2.24) is 4.57 Å². The van der Waals surface area contributed by atoms with Crippen LogP contribution in [0.25, 0.3) is 0 Å². The van der Waals surface area contributed by atoms with Gasteiger partial charge in [-0.3, -0.25) is 0 Å². The standard InChI is InChI=1S/C13H19NOS/c1-9-7-11-12(3-2-4-13(11)15)14(9)10-5-6-16-8-10/h7,10,13,15H,2-6,8H2,1H3. The number of aliphatic hydroxyl groups is 1. The average molecular weight is 237 g/mol. The zero-order valence-electron chi connectivity index (χ0n) is 9.78. The van der Waals surface area contributed by atoms with Crippen molar-refractivity contribution in [3.05, 3.63) is 23.0 Å². The van der Waals surface area contributed by atoms with Crippen LogP contribution in [0.5, 0.6) is 0 Å². The monoisotopic (exact) mass is 237 g/mol. The predicted octanol–water partition coefficient (Wildman–Crippen LogP) is 2.84. The number of rotatable bonds is 1. The molecule has 1 aliphatic heterocycles. The Bertz CT molecular complexity index is 393. The first-order valence-electron chi connectivity index (χ1n) is 6.24. The van der Waals surface area contributed by atoms with E-state index in [1.165, 1.54) is 34.9 Å². The molecular formula is C13H19NOS. The lowest BCUT2D eigenvalue weighted by Crippen LogP contribution is -2.16. The summed E-state index contributed by atoms with van der Waals surface area (Å²) in [6.07, 6.45) is 4.31. The molecule has 2 atom stereocenters. The van der Waals surface area contributed by atoms with Gasteiger partial charge in [0, 0.05) is 28.7 Å². The van der Waals surface area contributed by atoms with E-state index in [-0.39, 0.29) is 6.10 Å². The molecule has 0 amide bonds. The first-order valence-corrected chi connectivity index (χ1v) is 7.39. The van der Waals surface area contributed by atoms with Crippen LogP contribution in [0.4, 0.5) is 0 Å². The Kier molecular flexibility index (Phi) is 2.76. The summed E-state index contributed by atoms with van der Waals surface area (Å²) >= 11 is 2.06. The fourth-order valence-corrected chi connectivity index (χ4v) is 4.33. The third-order valence-corrected chi connectivity index (χ3v) is 5.03. The number of hydrogen-bond acceptors (Lipinski definition) is 2. The minimum Gasteiger partial charge on any atom is -0.388 e. The van der Waals surface area contributed by atoms with E-state index in [0.29, 0.717) is 6.04 Å². The van der Waals surface area contributed by atoms with Crippen LogP contribution in [0.15, 0.2) is 6.07 Å². The van der Waals surface area contributed by atoms with Gasteiger partial charge in [-0.2, -0.15) is 11.8 Å². The lowest BCUT2D eigenvalue weighted by Gasteiger charge is -2.23. The van der Waals surface area contributed by atoms with Crippen molar-refractivity contribution in [3.63, 3.8) is 0 Å². The van der Waals surface area contributed by atoms with Gasteiger partial charge < -0.3 is 9.67 Å². The molecule has 0 bridgehead atoms. The van der Waals surface area contributed by atoms with Gasteiger partial charge in [0.25, 0.3) is 0 Å². The summed E-state index contributed by atoms with van der Waals surface area (Å²) in [6, 6.07) is 2.89. The van der Waals surface area contributed by atoms with Crippen molar-refractivity contribution >= 4 is 11.8 Å². The number of thioether (sulfide) groups is 1. The Morgan fingerprint density at radius 2 is 2.31 bits per heavy atom. The Labute approximate surface area is 101 Å². The third kappa shape index (κ3) is 1.61. The molecule has 3 heteroatoms. The van der Waals surface area contributed by atoms with E-state index in [0.717, 1.165) is 19.3 Å². The smallest absolute Gasteiger partial charge is 0.0807 e. The average Bonchev–Trinajstić information content (AvgIpc) is 2.85. The Morgan fingerprint density at radius 1 is 1.44 bits per heavy atom. The van der Waals surface area contributed by atoms with Crippen LogP contribution in [-0.4, -0.2) is 21.2 Å². The van der Waals surface area contributed by atoms with Crippen LogP contribution < -0.4 is 0 Å². The maximum atomic E-state index is 10.0. The van der Waals surface area contributed by atoms with Crippen LogP contribution in [0, 0.1) is 6.92 Å². The lowest BCUT2D eigenvalue weighted by atomic mass is 9.95. The molecule has 0 radical (unpaired) electrons. The largest absolute Gasteiger partial charge is 0.388 e. The normalized spacial score (nSPS) is 29.4. The zero-order valence-corrected chi connectivity index (χ0v) is 10.6. The van der Waals surface area contributed by atoms with Gasteiger partial charge in [-0.25, -0.2) is 0 Å². The molecule has 2 nitrogen and oxygen atoms in total. The molecule has 2 aliphatic rings. The molecule has 1 aliphatic carbocycles. The first-order chi connectivity index (χ1) is 7.77. The summed E-state index contributed by atoms with van der Waals surface area (Å²) in [7, 11) is 0. The van der Waals surface area contributed by atoms with Gasteiger partial charge in [-0.1, -0.05) is 0 Å². The van der Waals surface area contributed by atoms with E-state index in [1.807, 2.05) is 0 Å². The quantitative estimate of drug-likeness (QED) is 0.812. The van der Waals surface area contributed by atoms with E-state index < -0.39 is 0 Å². The topological polar surface area (TPSA) is 25.2 Å². The maximum absolute atomic E-state index is 10.0. The summed E-state index contributed by atoms with van der Waals surface area (Å²) in [5.74, 6) is 2.54. The highest BCUT2D eigenvalue weighted by atomic mass is 32.2. The van der Waals surface area contributed by atoms with Crippen LogP contribution in [0.3, 0.4) is 0 Å². The van der Waals surface area contributed by atoms with E-state index in [1.54, 1.807) is 0 Å². The summed E-state index contributed by atoms with van der Waals surface area (Å²) in [6.45, 7) is 2.19. The zero-order chi connectivity index (χ0) is 11.1. The molecular weight excluding hydrogens is 218 g/mol. The molecule has 1 N–H and O–H groups in total. The van der Waals surface area contributed by atoms with Crippen molar-refractivity contribution < 1.29 is 5.11 Å². The minimum absolute atomic E-state index is 0.210. The molecule has 2 heterocycles. The highest BCUT2D eigenvalue weighted by Crippen LogP contribution is 2.37. The molecule has 1 aromatic rings. The van der Waals surface area contributed by atoms with Gasteiger partial charge in [-0.15, -0.1) is 0 Å². The van der Waals surface area contributed by atoms with Gasteiger partial charge in [0.2, 0.25) is 0 Å². The lowest BCUT2D eigenvalue weighted by molar-refractivity contribution is 0.155. The van der Waals surface area contributed by atoms with E-state index in [4.69, 9.17) is 0 Å². The van der Waals surface area contributed by atoms with Gasteiger partial charge in [-0.05, 0) is 44.4 Å². The number of fused-ring (bicyclic) bond motifs is 1. The van der Waals surface area contributed by atoms with Crippen LogP contribution in [0.2, 0.25) is 0 Å². The van der Waals surface area contributed by atoms with Crippen molar-refractivity contribution in [1.29, 1.82) is 0 Å². The predicted molar refractivity (Wildman–Crippen MR) is 68.0 cm³/mol. The molecule has 0 aromatic carbocycles. The highest BCUT2D eigenvalue weighted by Gasteiger charge is 2.27. The third-order valence-electron chi connectivity index (χ3n) is 3.89. The number of hydrogen-bond donors (Lipinski definition) is 1. The Hall–Kier alpha value is -0.410. The molecule has 0 saturated carbocycles. The SMILES string of the molecule is Cc1cc2c(n1C1CCSC1)CCCC2O. The van der Waals surface area contributed by atoms with Gasteiger partial charge >= 0.3 is 0 Å². The number of nitrogens with zero attached hydrogens (tertiary/aromatic N) is 1. The molecule has 1 saturated heterocycles.